The summed E-state index contributed by atoms with van der Waals surface area (Å²) in [6.07, 6.45) is 1.57. The third-order valence-corrected chi connectivity index (χ3v) is 6.93. The highest BCUT2D eigenvalue weighted by molar-refractivity contribution is 8.18. The molecular formula is C27H21ClN2O7S. The zero-order valence-electron chi connectivity index (χ0n) is 20.1. The average Bonchev–Trinajstić information content (AvgIpc) is 3.48. The van der Waals surface area contributed by atoms with Crippen molar-refractivity contribution in [1.82, 2.24) is 4.90 Å². The van der Waals surface area contributed by atoms with Crippen LogP contribution in [0.15, 0.2) is 65.6 Å². The summed E-state index contributed by atoms with van der Waals surface area (Å²) in [4.78, 5) is 39.0. The zero-order valence-corrected chi connectivity index (χ0v) is 21.6. The van der Waals surface area contributed by atoms with E-state index in [9.17, 15) is 14.4 Å². The number of carbonyl (C=O) groups is 3. The van der Waals surface area contributed by atoms with E-state index in [0.29, 0.717) is 39.3 Å². The van der Waals surface area contributed by atoms with Gasteiger partial charge in [-0.25, -0.2) is 0 Å². The van der Waals surface area contributed by atoms with Gasteiger partial charge in [0.05, 0.1) is 12.0 Å². The Kier molecular flexibility index (Phi) is 7.43. The van der Waals surface area contributed by atoms with Crippen LogP contribution < -0.4 is 24.3 Å². The molecule has 5 rings (SSSR count). The number of methoxy groups -OCH3 is 1. The third-order valence-electron chi connectivity index (χ3n) is 5.66. The monoisotopic (exact) mass is 552 g/mol. The fourth-order valence-corrected chi connectivity index (χ4v) is 4.80. The fourth-order valence-electron chi connectivity index (χ4n) is 3.77. The van der Waals surface area contributed by atoms with Crippen LogP contribution in [-0.4, -0.2) is 42.4 Å². The minimum atomic E-state index is -0.557. The highest BCUT2D eigenvalue weighted by atomic mass is 35.5. The van der Waals surface area contributed by atoms with E-state index < -0.39 is 23.6 Å². The molecule has 0 aromatic heterocycles. The maximum atomic E-state index is 12.9. The maximum absolute atomic E-state index is 12.9. The van der Waals surface area contributed by atoms with Gasteiger partial charge >= 0.3 is 0 Å². The Morgan fingerprint density at radius 1 is 1.08 bits per heavy atom. The Morgan fingerprint density at radius 2 is 1.89 bits per heavy atom. The summed E-state index contributed by atoms with van der Waals surface area (Å²) in [7, 11) is 1.51. The minimum absolute atomic E-state index is 0.111. The summed E-state index contributed by atoms with van der Waals surface area (Å²) in [5.74, 6) is 0.961. The van der Waals surface area contributed by atoms with E-state index in [0.717, 1.165) is 22.2 Å². The van der Waals surface area contributed by atoms with Crippen molar-refractivity contribution in [1.29, 1.82) is 0 Å². The van der Waals surface area contributed by atoms with E-state index in [1.165, 1.54) is 7.11 Å². The molecule has 38 heavy (non-hydrogen) atoms. The van der Waals surface area contributed by atoms with Crippen LogP contribution in [0.25, 0.3) is 6.08 Å². The number of imide groups is 1. The van der Waals surface area contributed by atoms with Crippen LogP contribution in [0.2, 0.25) is 5.02 Å². The summed E-state index contributed by atoms with van der Waals surface area (Å²) in [6.45, 7) is -0.0583. The molecule has 2 aliphatic rings. The molecule has 1 fully saturated rings. The molecule has 2 heterocycles. The number of nitrogens with one attached hydrogen (secondary N) is 1. The molecule has 0 spiro atoms. The van der Waals surface area contributed by atoms with Crippen LogP contribution >= 0.6 is 23.4 Å². The van der Waals surface area contributed by atoms with Crippen LogP contribution in [0.1, 0.15) is 11.1 Å². The van der Waals surface area contributed by atoms with Crippen LogP contribution in [0.3, 0.4) is 0 Å². The first-order valence-corrected chi connectivity index (χ1v) is 12.6. The van der Waals surface area contributed by atoms with E-state index in [1.54, 1.807) is 48.5 Å². The molecule has 1 saturated heterocycles. The van der Waals surface area contributed by atoms with Crippen molar-refractivity contribution in [2.45, 2.75) is 6.61 Å². The van der Waals surface area contributed by atoms with Crippen molar-refractivity contribution in [3.05, 3.63) is 81.7 Å². The molecule has 0 unspecified atom stereocenters. The lowest BCUT2D eigenvalue weighted by molar-refractivity contribution is -0.127. The molecule has 11 heteroatoms. The van der Waals surface area contributed by atoms with Crippen LogP contribution in [-0.2, 0) is 16.2 Å². The van der Waals surface area contributed by atoms with Crippen molar-refractivity contribution in [2.75, 3.05) is 25.8 Å². The second-order valence-corrected chi connectivity index (χ2v) is 9.57. The quantitative estimate of drug-likeness (QED) is 0.374. The Balaban J connectivity index is 1.24. The molecule has 2 aliphatic heterocycles. The van der Waals surface area contributed by atoms with Gasteiger partial charge in [-0.3, -0.25) is 19.3 Å². The van der Waals surface area contributed by atoms with Crippen molar-refractivity contribution < 1.29 is 33.3 Å². The number of hydrogen-bond acceptors (Lipinski definition) is 8. The Hall–Kier alpha value is -4.15. The lowest BCUT2D eigenvalue weighted by atomic mass is 10.1. The highest BCUT2D eigenvalue weighted by Crippen LogP contribution is 2.36. The number of ether oxygens (including phenoxy) is 4. The Labute approximate surface area is 227 Å². The summed E-state index contributed by atoms with van der Waals surface area (Å²) < 4.78 is 21.9. The highest BCUT2D eigenvalue weighted by Gasteiger charge is 2.36. The van der Waals surface area contributed by atoms with Gasteiger partial charge in [0, 0.05) is 22.3 Å². The molecule has 0 aliphatic carbocycles. The minimum Gasteiger partial charge on any atom is -0.493 e. The van der Waals surface area contributed by atoms with Gasteiger partial charge in [0.1, 0.15) is 13.2 Å². The van der Waals surface area contributed by atoms with Crippen molar-refractivity contribution >= 4 is 52.2 Å². The molecule has 3 amide bonds. The molecule has 3 aromatic carbocycles. The summed E-state index contributed by atoms with van der Waals surface area (Å²) in [6, 6.07) is 17.5. The van der Waals surface area contributed by atoms with E-state index in [1.807, 2.05) is 18.2 Å². The van der Waals surface area contributed by atoms with Gasteiger partial charge in [-0.2, -0.15) is 0 Å². The van der Waals surface area contributed by atoms with Crippen molar-refractivity contribution in [3.8, 4) is 23.0 Å². The van der Waals surface area contributed by atoms with Crippen LogP contribution in [0.4, 0.5) is 10.5 Å². The first kappa shape index (κ1) is 25.5. The van der Waals surface area contributed by atoms with Crippen molar-refractivity contribution in [3.63, 3.8) is 0 Å². The number of thioether (sulfide) groups is 1. The van der Waals surface area contributed by atoms with Crippen LogP contribution in [0.5, 0.6) is 23.0 Å². The fraction of sp³-hybridized carbons (Fsp3) is 0.148. The van der Waals surface area contributed by atoms with E-state index in [4.69, 9.17) is 30.5 Å². The summed E-state index contributed by atoms with van der Waals surface area (Å²) in [5, 5.41) is 2.73. The van der Waals surface area contributed by atoms with Gasteiger partial charge in [-0.15, -0.1) is 0 Å². The summed E-state index contributed by atoms with van der Waals surface area (Å²) >= 11 is 6.96. The first-order valence-electron chi connectivity index (χ1n) is 11.4. The van der Waals surface area contributed by atoms with E-state index in [-0.39, 0.29) is 18.3 Å². The van der Waals surface area contributed by atoms with Gasteiger partial charge in [-0.05, 0) is 53.7 Å². The lowest BCUT2D eigenvalue weighted by Crippen LogP contribution is -2.36. The standard InChI is InChI=1S/C27H21ClN2O7S/c1-34-22-10-16(6-8-20(22)35-14-17-4-2-3-5-19(17)28)11-24-26(32)30(27(33)38-24)13-25(31)29-18-7-9-21-23(12-18)37-15-36-21/h2-12H,13-15H2,1H3,(H,29,31)/b24-11+. The van der Waals surface area contributed by atoms with Gasteiger partial charge in [0.15, 0.2) is 23.0 Å². The largest absolute Gasteiger partial charge is 0.493 e. The molecular weight excluding hydrogens is 532 g/mol. The third kappa shape index (κ3) is 5.56. The normalized spacial score (nSPS) is 15.2. The topological polar surface area (TPSA) is 103 Å². The molecule has 9 nitrogen and oxygen atoms in total. The number of hydrogen-bond donors (Lipinski definition) is 1. The number of rotatable bonds is 8. The van der Waals surface area contributed by atoms with Crippen molar-refractivity contribution in [2.24, 2.45) is 0 Å². The Morgan fingerprint density at radius 3 is 2.71 bits per heavy atom. The number of nitrogens with zero attached hydrogens (tertiary/aromatic N) is 1. The number of amides is 3. The number of halogens is 1. The van der Waals surface area contributed by atoms with E-state index >= 15 is 0 Å². The summed E-state index contributed by atoms with van der Waals surface area (Å²) in [5.41, 5.74) is 1.92. The SMILES string of the molecule is COc1cc(/C=C2/SC(=O)N(CC(=O)Nc3ccc4c(c3)OCO4)C2=O)ccc1OCc1ccccc1Cl. The number of benzene rings is 3. The molecule has 0 atom stereocenters. The van der Waals surface area contributed by atoms with Gasteiger partial charge in [-0.1, -0.05) is 35.9 Å². The maximum Gasteiger partial charge on any atom is 0.294 e. The second-order valence-electron chi connectivity index (χ2n) is 8.17. The first-order chi connectivity index (χ1) is 18.4. The number of fused-ring (bicyclic) bond motifs is 1. The van der Waals surface area contributed by atoms with Gasteiger partial charge < -0.3 is 24.3 Å². The zero-order chi connectivity index (χ0) is 26.6. The smallest absolute Gasteiger partial charge is 0.294 e. The molecule has 0 bridgehead atoms. The average molecular weight is 553 g/mol. The van der Waals surface area contributed by atoms with E-state index in [2.05, 4.69) is 5.32 Å². The number of carbonyl (C=O) groups excluding carboxylic acids is 3. The molecule has 1 N–H and O–H groups in total. The molecule has 0 radical (unpaired) electrons. The second kappa shape index (κ2) is 11.1. The van der Waals surface area contributed by atoms with Gasteiger partial charge in [0.2, 0.25) is 12.7 Å². The van der Waals surface area contributed by atoms with Crippen LogP contribution in [0, 0.1) is 0 Å². The van der Waals surface area contributed by atoms with Gasteiger partial charge in [0.25, 0.3) is 11.1 Å². The predicted octanol–water partition coefficient (Wildman–Crippen LogP) is 5.33. The Bertz CT molecular complexity index is 1460. The predicted molar refractivity (Wildman–Crippen MR) is 143 cm³/mol. The number of anilines is 1. The molecule has 3 aromatic rings. The molecule has 0 saturated carbocycles. The molecule has 194 valence electrons. The lowest BCUT2D eigenvalue weighted by Gasteiger charge is -2.13.